The van der Waals surface area contributed by atoms with Gasteiger partial charge >= 0.3 is 0 Å². The maximum Gasteiger partial charge on any atom is 0.123 e. The number of aliphatic hydroxyl groups is 1. The molecule has 5 heteroatoms. The largest absolute Gasteiger partial charge is 0.491 e. The zero-order chi connectivity index (χ0) is 19.2. The first-order valence-corrected chi connectivity index (χ1v) is 9.65. The molecule has 3 rings (SSSR count). The van der Waals surface area contributed by atoms with E-state index in [9.17, 15) is 9.50 Å². The van der Waals surface area contributed by atoms with Crippen molar-refractivity contribution in [3.05, 3.63) is 59.9 Å². The lowest BCUT2D eigenvalue weighted by Crippen LogP contribution is -2.49. The molecule has 1 aliphatic rings. The highest BCUT2D eigenvalue weighted by atomic mass is 19.1. The minimum absolute atomic E-state index is 0.209. The minimum atomic E-state index is -0.525. The number of β-amino-alcohol motifs (C(OH)–C–C–N with tert-alkyl or cyclic N) is 1. The Kier molecular flexibility index (Phi) is 6.69. The molecule has 0 spiro atoms. The Balaban J connectivity index is 1.44. The van der Waals surface area contributed by atoms with Gasteiger partial charge < -0.3 is 14.7 Å². The van der Waals surface area contributed by atoms with E-state index < -0.39 is 6.10 Å². The van der Waals surface area contributed by atoms with Gasteiger partial charge in [-0.1, -0.05) is 32.0 Å². The molecule has 1 aliphatic heterocycles. The molecule has 1 heterocycles. The van der Waals surface area contributed by atoms with Crippen LogP contribution < -0.4 is 9.64 Å². The summed E-state index contributed by atoms with van der Waals surface area (Å²) in [5, 5.41) is 10.4. The van der Waals surface area contributed by atoms with Gasteiger partial charge in [-0.3, -0.25) is 4.90 Å². The maximum absolute atomic E-state index is 13.1. The van der Waals surface area contributed by atoms with Gasteiger partial charge in [0.2, 0.25) is 0 Å². The van der Waals surface area contributed by atoms with E-state index in [1.165, 1.54) is 12.1 Å². The second-order valence-electron chi connectivity index (χ2n) is 7.42. The summed E-state index contributed by atoms with van der Waals surface area (Å²) >= 11 is 0. The molecule has 0 saturated carbocycles. The van der Waals surface area contributed by atoms with Crippen LogP contribution in [0.4, 0.5) is 10.1 Å². The topological polar surface area (TPSA) is 35.9 Å². The van der Waals surface area contributed by atoms with Crippen LogP contribution in [0, 0.1) is 5.82 Å². The SMILES string of the molecule is CC(C)c1ccccc1OCC(O)CN1CCN(c2ccc(F)cc2)CC1. The summed E-state index contributed by atoms with van der Waals surface area (Å²) in [5.74, 6) is 1.03. The summed E-state index contributed by atoms with van der Waals surface area (Å²) < 4.78 is 18.9. The molecule has 0 aromatic heterocycles. The zero-order valence-electron chi connectivity index (χ0n) is 16.1. The lowest BCUT2D eigenvalue weighted by atomic mass is 10.0. The van der Waals surface area contributed by atoms with Crippen LogP contribution >= 0.6 is 0 Å². The second kappa shape index (κ2) is 9.20. The molecular weight excluding hydrogens is 343 g/mol. The standard InChI is InChI=1S/C22H29FN2O2/c1-17(2)21-5-3-4-6-22(21)27-16-20(26)15-24-11-13-25(14-12-24)19-9-7-18(23)8-10-19/h3-10,17,20,26H,11-16H2,1-2H3. The molecule has 1 N–H and O–H groups in total. The molecule has 1 fully saturated rings. The van der Waals surface area contributed by atoms with E-state index in [4.69, 9.17) is 4.74 Å². The van der Waals surface area contributed by atoms with Crippen LogP contribution in [0.5, 0.6) is 5.75 Å². The van der Waals surface area contributed by atoms with Crippen LogP contribution in [0.3, 0.4) is 0 Å². The summed E-state index contributed by atoms with van der Waals surface area (Å²) in [6.07, 6.45) is -0.525. The number of hydrogen-bond acceptors (Lipinski definition) is 4. The summed E-state index contributed by atoms with van der Waals surface area (Å²) in [5.41, 5.74) is 2.21. The van der Waals surface area contributed by atoms with Crippen LogP contribution in [-0.4, -0.2) is 55.4 Å². The van der Waals surface area contributed by atoms with Crippen molar-refractivity contribution in [3.8, 4) is 5.75 Å². The van der Waals surface area contributed by atoms with E-state index in [1.54, 1.807) is 0 Å². The lowest BCUT2D eigenvalue weighted by molar-refractivity contribution is 0.0659. The molecule has 1 atom stereocenters. The predicted octanol–water partition coefficient (Wildman–Crippen LogP) is 3.51. The molecule has 0 bridgehead atoms. The van der Waals surface area contributed by atoms with Gasteiger partial charge in [0, 0.05) is 38.4 Å². The molecule has 27 heavy (non-hydrogen) atoms. The van der Waals surface area contributed by atoms with Crippen LogP contribution in [0.15, 0.2) is 48.5 Å². The fourth-order valence-electron chi connectivity index (χ4n) is 3.47. The Morgan fingerprint density at radius 2 is 1.67 bits per heavy atom. The van der Waals surface area contributed by atoms with E-state index in [0.717, 1.165) is 43.2 Å². The van der Waals surface area contributed by atoms with Crippen LogP contribution in [0.25, 0.3) is 0 Å². The van der Waals surface area contributed by atoms with Gasteiger partial charge in [-0.25, -0.2) is 4.39 Å². The van der Waals surface area contributed by atoms with E-state index >= 15 is 0 Å². The number of halogens is 1. The zero-order valence-corrected chi connectivity index (χ0v) is 16.1. The van der Waals surface area contributed by atoms with Crippen LogP contribution in [-0.2, 0) is 0 Å². The summed E-state index contributed by atoms with van der Waals surface area (Å²) in [4.78, 5) is 4.50. The molecule has 0 aliphatic carbocycles. The van der Waals surface area contributed by atoms with Gasteiger partial charge in [-0.15, -0.1) is 0 Å². The Bertz CT molecular complexity index is 713. The normalized spacial score (nSPS) is 16.6. The number of ether oxygens (including phenoxy) is 1. The third kappa shape index (κ3) is 5.44. The third-order valence-electron chi connectivity index (χ3n) is 5.01. The van der Waals surface area contributed by atoms with Gasteiger partial charge in [0.05, 0.1) is 0 Å². The Morgan fingerprint density at radius 1 is 1.00 bits per heavy atom. The molecule has 0 radical (unpaired) electrons. The summed E-state index contributed by atoms with van der Waals surface area (Å²) in [6, 6.07) is 14.6. The smallest absolute Gasteiger partial charge is 0.123 e. The average Bonchev–Trinajstić information content (AvgIpc) is 2.68. The number of benzene rings is 2. The molecule has 1 saturated heterocycles. The van der Waals surface area contributed by atoms with Gasteiger partial charge in [-0.2, -0.15) is 0 Å². The highest BCUT2D eigenvalue weighted by Crippen LogP contribution is 2.26. The monoisotopic (exact) mass is 372 g/mol. The predicted molar refractivity (Wildman–Crippen MR) is 107 cm³/mol. The van der Waals surface area contributed by atoms with Crippen molar-refractivity contribution in [3.63, 3.8) is 0 Å². The highest BCUT2D eigenvalue weighted by molar-refractivity contribution is 5.46. The van der Waals surface area contributed by atoms with Crippen molar-refractivity contribution in [2.45, 2.75) is 25.9 Å². The number of anilines is 1. The number of hydrogen-bond donors (Lipinski definition) is 1. The van der Waals surface area contributed by atoms with E-state index in [-0.39, 0.29) is 5.82 Å². The molecule has 0 amide bonds. The Morgan fingerprint density at radius 3 is 2.33 bits per heavy atom. The fourth-order valence-corrected chi connectivity index (χ4v) is 3.47. The van der Waals surface area contributed by atoms with Crippen molar-refractivity contribution >= 4 is 5.69 Å². The van der Waals surface area contributed by atoms with Crippen molar-refractivity contribution in [1.29, 1.82) is 0 Å². The second-order valence-corrected chi connectivity index (χ2v) is 7.42. The maximum atomic E-state index is 13.1. The highest BCUT2D eigenvalue weighted by Gasteiger charge is 2.20. The van der Waals surface area contributed by atoms with E-state index in [1.807, 2.05) is 30.3 Å². The van der Waals surface area contributed by atoms with Gasteiger partial charge in [-0.05, 0) is 41.8 Å². The fraction of sp³-hybridized carbons (Fsp3) is 0.455. The van der Waals surface area contributed by atoms with Gasteiger partial charge in [0.15, 0.2) is 0 Å². The molecule has 2 aromatic rings. The Labute approximate surface area is 161 Å². The summed E-state index contributed by atoms with van der Waals surface area (Å²) in [6.45, 7) is 8.65. The first kappa shape index (κ1) is 19.6. The number of para-hydroxylation sites is 1. The lowest BCUT2D eigenvalue weighted by Gasteiger charge is -2.36. The third-order valence-corrected chi connectivity index (χ3v) is 5.01. The number of piperazine rings is 1. The Hall–Kier alpha value is -2.11. The van der Waals surface area contributed by atoms with Gasteiger partial charge in [0.1, 0.15) is 24.3 Å². The number of nitrogens with zero attached hydrogens (tertiary/aromatic N) is 2. The van der Waals surface area contributed by atoms with Crippen molar-refractivity contribution in [1.82, 2.24) is 4.90 Å². The molecule has 4 nitrogen and oxygen atoms in total. The minimum Gasteiger partial charge on any atom is -0.491 e. The van der Waals surface area contributed by atoms with Crippen molar-refractivity contribution < 1.29 is 14.2 Å². The number of aliphatic hydroxyl groups excluding tert-OH is 1. The first-order chi connectivity index (χ1) is 13.0. The van der Waals surface area contributed by atoms with E-state index in [2.05, 4.69) is 29.7 Å². The van der Waals surface area contributed by atoms with Crippen molar-refractivity contribution in [2.24, 2.45) is 0 Å². The van der Waals surface area contributed by atoms with Crippen LogP contribution in [0.2, 0.25) is 0 Å². The van der Waals surface area contributed by atoms with E-state index in [0.29, 0.717) is 19.1 Å². The molecule has 2 aromatic carbocycles. The van der Waals surface area contributed by atoms with Crippen molar-refractivity contribution in [2.75, 3.05) is 44.2 Å². The molecule has 146 valence electrons. The summed E-state index contributed by atoms with van der Waals surface area (Å²) in [7, 11) is 0. The molecular formula is C22H29FN2O2. The average molecular weight is 372 g/mol. The number of rotatable bonds is 7. The van der Waals surface area contributed by atoms with Crippen LogP contribution in [0.1, 0.15) is 25.3 Å². The molecule has 1 unspecified atom stereocenters. The first-order valence-electron chi connectivity index (χ1n) is 9.65. The quantitative estimate of drug-likeness (QED) is 0.807. The van der Waals surface area contributed by atoms with Gasteiger partial charge in [0.25, 0.3) is 0 Å².